The Labute approximate surface area is 151 Å². The SMILES string of the molecule is Cc1ccc2c(c1)C(C(C)C)(C(C)C)c1cc(C)c3ccccc3c1-2. The second-order valence-electron chi connectivity index (χ2n) is 8.39. The first-order valence-electron chi connectivity index (χ1n) is 9.53. The minimum atomic E-state index is 0.0888. The summed E-state index contributed by atoms with van der Waals surface area (Å²) in [4.78, 5) is 0. The Morgan fingerprint density at radius 2 is 1.36 bits per heavy atom. The van der Waals surface area contributed by atoms with Crippen LogP contribution in [0, 0.1) is 25.7 Å². The minimum Gasteiger partial charge on any atom is -0.0616 e. The van der Waals surface area contributed by atoms with E-state index in [4.69, 9.17) is 0 Å². The van der Waals surface area contributed by atoms with E-state index < -0.39 is 0 Å². The first-order chi connectivity index (χ1) is 11.9. The van der Waals surface area contributed by atoms with Gasteiger partial charge in [-0.05, 0) is 64.3 Å². The zero-order chi connectivity index (χ0) is 17.9. The van der Waals surface area contributed by atoms with Crippen LogP contribution in [0.2, 0.25) is 0 Å². The zero-order valence-electron chi connectivity index (χ0n) is 16.3. The van der Waals surface area contributed by atoms with Gasteiger partial charge in [-0.15, -0.1) is 0 Å². The van der Waals surface area contributed by atoms with E-state index in [-0.39, 0.29) is 5.41 Å². The number of benzene rings is 3. The highest BCUT2D eigenvalue weighted by Crippen LogP contribution is 2.58. The van der Waals surface area contributed by atoms with Gasteiger partial charge in [-0.2, -0.15) is 0 Å². The van der Waals surface area contributed by atoms with Crippen molar-refractivity contribution in [2.24, 2.45) is 11.8 Å². The van der Waals surface area contributed by atoms with Crippen LogP contribution < -0.4 is 0 Å². The molecule has 1 aliphatic carbocycles. The third-order valence-electron chi connectivity index (χ3n) is 6.41. The smallest absolute Gasteiger partial charge is 0.0261 e. The highest BCUT2D eigenvalue weighted by atomic mass is 14.5. The fourth-order valence-corrected chi connectivity index (χ4v) is 5.45. The molecular weight excluding hydrogens is 300 g/mol. The van der Waals surface area contributed by atoms with Gasteiger partial charge in [-0.1, -0.05) is 81.8 Å². The summed E-state index contributed by atoms with van der Waals surface area (Å²) in [6.07, 6.45) is 0. The molecule has 1 aliphatic rings. The Bertz CT molecular complexity index is 965. The van der Waals surface area contributed by atoms with E-state index in [0.29, 0.717) is 11.8 Å². The monoisotopic (exact) mass is 328 g/mol. The highest BCUT2D eigenvalue weighted by Gasteiger charge is 2.48. The van der Waals surface area contributed by atoms with Gasteiger partial charge in [0.2, 0.25) is 0 Å². The maximum atomic E-state index is 2.48. The Balaban J connectivity index is 2.25. The van der Waals surface area contributed by atoms with Crippen LogP contribution in [0.3, 0.4) is 0 Å². The third kappa shape index (κ3) is 2.00. The van der Waals surface area contributed by atoms with E-state index >= 15 is 0 Å². The van der Waals surface area contributed by atoms with Gasteiger partial charge in [0.15, 0.2) is 0 Å². The van der Waals surface area contributed by atoms with Crippen LogP contribution in [0.25, 0.3) is 21.9 Å². The summed E-state index contributed by atoms with van der Waals surface area (Å²) in [6, 6.07) is 18.5. The molecule has 0 atom stereocenters. The lowest BCUT2D eigenvalue weighted by molar-refractivity contribution is 0.280. The Hall–Kier alpha value is -2.08. The second-order valence-corrected chi connectivity index (χ2v) is 8.39. The maximum absolute atomic E-state index is 2.48. The highest BCUT2D eigenvalue weighted by molar-refractivity contribution is 6.04. The third-order valence-corrected chi connectivity index (χ3v) is 6.41. The van der Waals surface area contributed by atoms with Crippen molar-refractivity contribution in [2.75, 3.05) is 0 Å². The van der Waals surface area contributed by atoms with E-state index in [0.717, 1.165) is 0 Å². The average Bonchev–Trinajstić information content (AvgIpc) is 2.85. The van der Waals surface area contributed by atoms with Crippen molar-refractivity contribution < 1.29 is 0 Å². The predicted molar refractivity (Wildman–Crippen MR) is 109 cm³/mol. The second kappa shape index (κ2) is 5.46. The van der Waals surface area contributed by atoms with E-state index in [2.05, 4.69) is 90.1 Å². The molecule has 25 heavy (non-hydrogen) atoms. The molecule has 0 N–H and O–H groups in total. The molecular formula is C25H28. The molecule has 0 unspecified atom stereocenters. The van der Waals surface area contributed by atoms with Crippen LogP contribution in [0.1, 0.15) is 49.9 Å². The average molecular weight is 328 g/mol. The number of aryl methyl sites for hydroxylation is 2. The van der Waals surface area contributed by atoms with Gasteiger partial charge in [0.1, 0.15) is 0 Å². The molecule has 128 valence electrons. The molecule has 3 aromatic carbocycles. The van der Waals surface area contributed by atoms with Crippen LogP contribution in [0.15, 0.2) is 48.5 Å². The molecule has 0 aliphatic heterocycles. The predicted octanol–water partition coefficient (Wildman–Crippen LogP) is 7.04. The largest absolute Gasteiger partial charge is 0.0616 e. The normalized spacial score (nSPS) is 15.0. The molecule has 0 bridgehead atoms. The summed E-state index contributed by atoms with van der Waals surface area (Å²) in [5, 5.41) is 2.79. The molecule has 0 aromatic heterocycles. The fourth-order valence-electron chi connectivity index (χ4n) is 5.45. The molecule has 0 fully saturated rings. The number of hydrogen-bond donors (Lipinski definition) is 0. The number of fused-ring (bicyclic) bond motifs is 5. The van der Waals surface area contributed by atoms with E-state index in [1.54, 1.807) is 0 Å². The Morgan fingerprint density at radius 1 is 0.720 bits per heavy atom. The van der Waals surface area contributed by atoms with Crippen molar-refractivity contribution in [3.05, 3.63) is 70.8 Å². The van der Waals surface area contributed by atoms with Crippen molar-refractivity contribution in [3.63, 3.8) is 0 Å². The summed E-state index contributed by atoms with van der Waals surface area (Å²) in [7, 11) is 0. The van der Waals surface area contributed by atoms with Crippen molar-refractivity contribution in [2.45, 2.75) is 47.0 Å². The summed E-state index contributed by atoms with van der Waals surface area (Å²) in [5.74, 6) is 1.10. The van der Waals surface area contributed by atoms with Crippen LogP contribution in [-0.2, 0) is 5.41 Å². The summed E-state index contributed by atoms with van der Waals surface area (Å²) < 4.78 is 0. The molecule has 3 aromatic rings. The quantitative estimate of drug-likeness (QED) is 0.473. The van der Waals surface area contributed by atoms with Crippen molar-refractivity contribution >= 4 is 10.8 Å². The lowest BCUT2D eigenvalue weighted by Crippen LogP contribution is -2.37. The molecule has 0 radical (unpaired) electrons. The lowest BCUT2D eigenvalue weighted by atomic mass is 9.62. The first-order valence-corrected chi connectivity index (χ1v) is 9.53. The molecule has 0 heterocycles. The lowest BCUT2D eigenvalue weighted by Gasteiger charge is -2.40. The van der Waals surface area contributed by atoms with Gasteiger partial charge in [0, 0.05) is 5.41 Å². The van der Waals surface area contributed by atoms with Crippen LogP contribution in [0.5, 0.6) is 0 Å². The number of rotatable bonds is 2. The van der Waals surface area contributed by atoms with Gasteiger partial charge in [0.05, 0.1) is 0 Å². The van der Waals surface area contributed by atoms with E-state index in [1.807, 2.05) is 0 Å². The molecule has 0 spiro atoms. The summed E-state index contributed by atoms with van der Waals surface area (Å²) in [6.45, 7) is 14.1. The Morgan fingerprint density at radius 3 is 2.00 bits per heavy atom. The van der Waals surface area contributed by atoms with Crippen LogP contribution >= 0.6 is 0 Å². The van der Waals surface area contributed by atoms with Gasteiger partial charge < -0.3 is 0 Å². The Kier molecular flexibility index (Phi) is 3.58. The topological polar surface area (TPSA) is 0 Å². The van der Waals surface area contributed by atoms with Crippen molar-refractivity contribution in [1.29, 1.82) is 0 Å². The molecule has 0 saturated carbocycles. The molecule has 0 heteroatoms. The summed E-state index contributed by atoms with van der Waals surface area (Å²) in [5.41, 5.74) is 8.82. The van der Waals surface area contributed by atoms with Crippen molar-refractivity contribution in [1.82, 2.24) is 0 Å². The van der Waals surface area contributed by atoms with Crippen LogP contribution in [0.4, 0.5) is 0 Å². The van der Waals surface area contributed by atoms with Gasteiger partial charge in [-0.3, -0.25) is 0 Å². The summed E-state index contributed by atoms with van der Waals surface area (Å²) >= 11 is 0. The van der Waals surface area contributed by atoms with Gasteiger partial charge >= 0.3 is 0 Å². The van der Waals surface area contributed by atoms with Gasteiger partial charge in [0.25, 0.3) is 0 Å². The van der Waals surface area contributed by atoms with Crippen LogP contribution in [-0.4, -0.2) is 0 Å². The van der Waals surface area contributed by atoms with E-state index in [9.17, 15) is 0 Å². The molecule has 0 nitrogen and oxygen atoms in total. The standard InChI is InChI=1S/C25H28/c1-15(2)25(16(3)4)22-13-17(5)11-12-21(22)24-20-10-8-7-9-19(20)18(6)14-23(24)25/h7-16H,1-6H3. The fraction of sp³-hybridized carbons (Fsp3) is 0.360. The first kappa shape index (κ1) is 16.4. The molecule has 0 saturated heterocycles. The van der Waals surface area contributed by atoms with E-state index in [1.165, 1.54) is 44.2 Å². The van der Waals surface area contributed by atoms with Gasteiger partial charge in [-0.25, -0.2) is 0 Å². The molecule has 4 rings (SSSR count). The maximum Gasteiger partial charge on any atom is 0.0261 e. The van der Waals surface area contributed by atoms with Crippen molar-refractivity contribution in [3.8, 4) is 11.1 Å². The number of hydrogen-bond acceptors (Lipinski definition) is 0. The minimum absolute atomic E-state index is 0.0888. The zero-order valence-corrected chi connectivity index (χ0v) is 16.3. The molecule has 0 amide bonds.